The van der Waals surface area contributed by atoms with Gasteiger partial charge in [-0.05, 0) is 50.1 Å². The zero-order valence-electron chi connectivity index (χ0n) is 15.2. The Morgan fingerprint density at radius 3 is 2.33 bits per heavy atom. The van der Waals surface area contributed by atoms with Crippen molar-refractivity contribution in [3.63, 3.8) is 0 Å². The van der Waals surface area contributed by atoms with Crippen molar-refractivity contribution in [2.24, 2.45) is 0 Å². The van der Waals surface area contributed by atoms with E-state index >= 15 is 0 Å². The molecule has 2 aromatic rings. The van der Waals surface area contributed by atoms with Crippen molar-refractivity contribution in [1.29, 1.82) is 0 Å². The third kappa shape index (κ3) is 6.29. The molecule has 0 unspecified atom stereocenters. The van der Waals surface area contributed by atoms with Gasteiger partial charge in [0.25, 0.3) is 0 Å². The van der Waals surface area contributed by atoms with Gasteiger partial charge in [-0.2, -0.15) is 0 Å². The Balaban J connectivity index is 1.68. The number of aryl methyl sites for hydroxylation is 1. The van der Waals surface area contributed by atoms with Crippen molar-refractivity contribution >= 4 is 15.8 Å². The molecule has 2 N–H and O–H groups in total. The van der Waals surface area contributed by atoms with Crippen molar-refractivity contribution in [2.75, 3.05) is 12.4 Å². The molecule has 0 atom stereocenters. The number of carboxylic acid groups (broad SMARTS) is 1. The van der Waals surface area contributed by atoms with E-state index in [1.54, 1.807) is 24.3 Å². The molecule has 0 spiro atoms. The van der Waals surface area contributed by atoms with Crippen LogP contribution in [-0.4, -0.2) is 37.0 Å². The second-order valence-electron chi connectivity index (χ2n) is 6.38. The SMILES string of the molecule is Cc1ccc(S(=O)(=O)CCCCCCOc2ccc(O)c(C(=O)O)c2)cc1. The van der Waals surface area contributed by atoms with Crippen molar-refractivity contribution < 1.29 is 28.2 Å². The molecule has 0 amide bonds. The number of rotatable bonds is 10. The van der Waals surface area contributed by atoms with E-state index in [1.165, 1.54) is 18.2 Å². The molecule has 2 aromatic carbocycles. The van der Waals surface area contributed by atoms with Crippen LogP contribution in [0.15, 0.2) is 47.4 Å². The first-order valence-electron chi connectivity index (χ1n) is 8.78. The first kappa shape index (κ1) is 20.8. The summed E-state index contributed by atoms with van der Waals surface area (Å²) in [6.45, 7) is 2.31. The summed E-state index contributed by atoms with van der Waals surface area (Å²) in [6, 6.07) is 11.0. The lowest BCUT2D eigenvalue weighted by molar-refractivity contribution is 0.0693. The number of phenols is 1. The Hall–Kier alpha value is -2.54. The van der Waals surface area contributed by atoms with Gasteiger partial charge in [-0.25, -0.2) is 13.2 Å². The molecular weight excluding hydrogens is 368 g/mol. The largest absolute Gasteiger partial charge is 0.507 e. The number of aromatic hydroxyl groups is 1. The van der Waals surface area contributed by atoms with Crippen LogP contribution in [-0.2, 0) is 9.84 Å². The van der Waals surface area contributed by atoms with Gasteiger partial charge in [0, 0.05) is 0 Å². The average molecular weight is 392 g/mol. The zero-order valence-corrected chi connectivity index (χ0v) is 16.0. The fourth-order valence-corrected chi connectivity index (χ4v) is 3.95. The standard InChI is InChI=1S/C20H24O6S/c1-15-6-9-17(10-7-15)27(24,25)13-5-3-2-4-12-26-16-8-11-19(21)18(14-16)20(22)23/h6-11,14,21H,2-5,12-13H2,1H3,(H,22,23). The van der Waals surface area contributed by atoms with Crippen LogP contribution >= 0.6 is 0 Å². The Morgan fingerprint density at radius 1 is 1.00 bits per heavy atom. The summed E-state index contributed by atoms with van der Waals surface area (Å²) in [7, 11) is -3.24. The predicted octanol–water partition coefficient (Wildman–Crippen LogP) is 3.81. The Labute approximate surface area is 159 Å². The van der Waals surface area contributed by atoms with E-state index < -0.39 is 15.8 Å². The molecule has 0 saturated heterocycles. The lowest BCUT2D eigenvalue weighted by Gasteiger charge is -2.08. The second-order valence-corrected chi connectivity index (χ2v) is 8.49. The monoisotopic (exact) mass is 392 g/mol. The van der Waals surface area contributed by atoms with Gasteiger partial charge < -0.3 is 14.9 Å². The molecule has 6 nitrogen and oxygen atoms in total. The van der Waals surface area contributed by atoms with Gasteiger partial charge in [0.1, 0.15) is 17.1 Å². The lowest BCUT2D eigenvalue weighted by Crippen LogP contribution is -2.07. The van der Waals surface area contributed by atoms with Crippen molar-refractivity contribution in [3.8, 4) is 11.5 Å². The third-order valence-corrected chi connectivity index (χ3v) is 5.97. The minimum absolute atomic E-state index is 0.122. The molecule has 0 heterocycles. The van der Waals surface area contributed by atoms with Crippen molar-refractivity contribution in [3.05, 3.63) is 53.6 Å². The lowest BCUT2D eigenvalue weighted by atomic mass is 10.2. The summed E-state index contributed by atoms with van der Waals surface area (Å²) in [6.07, 6.45) is 2.89. The highest BCUT2D eigenvalue weighted by atomic mass is 32.2. The topological polar surface area (TPSA) is 101 Å². The van der Waals surface area contributed by atoms with Crippen LogP contribution in [0, 0.1) is 6.92 Å². The molecular formula is C20H24O6S. The normalized spacial score (nSPS) is 11.3. The molecule has 0 aromatic heterocycles. The van der Waals surface area contributed by atoms with Crippen LogP contribution in [0.4, 0.5) is 0 Å². The number of carbonyl (C=O) groups is 1. The number of ether oxygens (including phenoxy) is 1. The molecule has 0 radical (unpaired) electrons. The fraction of sp³-hybridized carbons (Fsp3) is 0.350. The number of hydrogen-bond donors (Lipinski definition) is 2. The molecule has 7 heteroatoms. The fourth-order valence-electron chi connectivity index (χ4n) is 2.58. The highest BCUT2D eigenvalue weighted by Gasteiger charge is 2.13. The van der Waals surface area contributed by atoms with Gasteiger partial charge >= 0.3 is 5.97 Å². The van der Waals surface area contributed by atoms with E-state index in [4.69, 9.17) is 9.84 Å². The summed E-state index contributed by atoms with van der Waals surface area (Å²) in [5.41, 5.74) is 0.826. The van der Waals surface area contributed by atoms with Gasteiger partial charge in [0.15, 0.2) is 9.84 Å². The van der Waals surface area contributed by atoms with Crippen LogP contribution in [0.25, 0.3) is 0 Å². The van der Waals surface area contributed by atoms with Gasteiger partial charge in [0.05, 0.1) is 17.3 Å². The highest BCUT2D eigenvalue weighted by molar-refractivity contribution is 7.91. The number of sulfone groups is 1. The molecule has 0 aliphatic carbocycles. The van der Waals surface area contributed by atoms with Gasteiger partial charge in [-0.15, -0.1) is 0 Å². The number of unbranched alkanes of at least 4 members (excludes halogenated alkanes) is 3. The first-order valence-corrected chi connectivity index (χ1v) is 10.4. The molecule has 0 saturated carbocycles. The first-order chi connectivity index (χ1) is 12.8. The summed E-state index contributed by atoms with van der Waals surface area (Å²) in [4.78, 5) is 11.3. The number of benzene rings is 2. The minimum Gasteiger partial charge on any atom is -0.507 e. The summed E-state index contributed by atoms with van der Waals surface area (Å²) >= 11 is 0. The van der Waals surface area contributed by atoms with Crippen LogP contribution in [0.3, 0.4) is 0 Å². The molecule has 0 aliphatic heterocycles. The third-order valence-electron chi connectivity index (χ3n) is 4.15. The maximum Gasteiger partial charge on any atom is 0.339 e. The highest BCUT2D eigenvalue weighted by Crippen LogP contribution is 2.23. The maximum atomic E-state index is 12.2. The number of hydrogen-bond acceptors (Lipinski definition) is 5. The van der Waals surface area contributed by atoms with E-state index in [2.05, 4.69) is 0 Å². The molecule has 0 fully saturated rings. The molecule has 0 aliphatic rings. The van der Waals surface area contributed by atoms with Gasteiger partial charge in [-0.1, -0.05) is 30.5 Å². The van der Waals surface area contributed by atoms with E-state index in [0.29, 0.717) is 23.7 Å². The van der Waals surface area contributed by atoms with E-state index in [0.717, 1.165) is 24.8 Å². The van der Waals surface area contributed by atoms with Crippen LogP contribution in [0.1, 0.15) is 41.6 Å². The smallest absolute Gasteiger partial charge is 0.339 e. The van der Waals surface area contributed by atoms with Gasteiger partial charge in [-0.3, -0.25) is 0 Å². The van der Waals surface area contributed by atoms with Crippen LogP contribution in [0.2, 0.25) is 0 Å². The number of carboxylic acids is 1. The quantitative estimate of drug-likeness (QED) is 0.596. The van der Waals surface area contributed by atoms with E-state index in [1.807, 2.05) is 6.92 Å². The summed E-state index contributed by atoms with van der Waals surface area (Å²) in [5.74, 6) is -1.01. The Morgan fingerprint density at radius 2 is 1.67 bits per heavy atom. The van der Waals surface area contributed by atoms with Gasteiger partial charge in [0.2, 0.25) is 0 Å². The molecule has 27 heavy (non-hydrogen) atoms. The summed E-state index contributed by atoms with van der Waals surface area (Å²) < 4.78 is 30.0. The van der Waals surface area contributed by atoms with Crippen molar-refractivity contribution in [1.82, 2.24) is 0 Å². The van der Waals surface area contributed by atoms with Crippen LogP contribution < -0.4 is 4.74 Å². The maximum absolute atomic E-state index is 12.2. The molecule has 146 valence electrons. The number of aromatic carboxylic acids is 1. The molecule has 0 bridgehead atoms. The van der Waals surface area contributed by atoms with E-state index in [-0.39, 0.29) is 17.1 Å². The predicted molar refractivity (Wildman–Crippen MR) is 102 cm³/mol. The zero-order chi connectivity index (χ0) is 19.9. The van der Waals surface area contributed by atoms with E-state index in [9.17, 15) is 18.3 Å². The Kier molecular flexibility index (Phi) is 7.24. The second kappa shape index (κ2) is 9.41. The average Bonchev–Trinajstić information content (AvgIpc) is 2.62. The Bertz CT molecular complexity index is 872. The minimum atomic E-state index is -3.24. The van der Waals surface area contributed by atoms with Crippen molar-refractivity contribution in [2.45, 2.75) is 37.5 Å². The molecule has 2 rings (SSSR count). The summed E-state index contributed by atoms with van der Waals surface area (Å²) in [5, 5.41) is 18.4. The van der Waals surface area contributed by atoms with Crippen LogP contribution in [0.5, 0.6) is 11.5 Å².